The molecule has 238 valence electrons. The Morgan fingerprint density at radius 3 is 1.84 bits per heavy atom. The van der Waals surface area contributed by atoms with Gasteiger partial charge in [-0.2, -0.15) is 0 Å². The number of thioether (sulfide) groups is 1. The molecule has 1 aliphatic rings. The van der Waals surface area contributed by atoms with Crippen LogP contribution < -0.4 is 0 Å². The number of para-hydroxylation sites is 1. The number of fused-ring (bicyclic) bond motifs is 1. The Morgan fingerprint density at radius 1 is 0.841 bits per heavy atom. The van der Waals surface area contributed by atoms with Crippen molar-refractivity contribution in [3.05, 3.63) is 95.6 Å². The van der Waals surface area contributed by atoms with E-state index in [4.69, 9.17) is 10.2 Å². The van der Waals surface area contributed by atoms with E-state index in [-0.39, 0.29) is 28.6 Å². The molecule has 7 N–H and O–H groups in total. The summed E-state index contributed by atoms with van der Waals surface area (Å²) in [5.74, 6) is -2.56. The van der Waals surface area contributed by atoms with Crippen molar-refractivity contribution in [1.82, 2.24) is 14.8 Å². The normalized spacial score (nSPS) is 14.2. The van der Waals surface area contributed by atoms with E-state index in [1.54, 1.807) is 47.4 Å². The minimum Gasteiger partial charge on any atom is -0.481 e. The van der Waals surface area contributed by atoms with Gasteiger partial charge in [0.05, 0.1) is 22.4 Å². The van der Waals surface area contributed by atoms with Crippen molar-refractivity contribution >= 4 is 45.3 Å². The predicted molar refractivity (Wildman–Crippen MR) is 166 cm³/mol. The van der Waals surface area contributed by atoms with Crippen molar-refractivity contribution in [1.29, 1.82) is 0 Å². The SMILES string of the molecule is O.O.O=C(O)CC(=O)O.OC(CSc1nc2ccccc2s1)CN1CCN(C(c2ccc(F)cc2)c2ccc(F)cc2)CC1. The first-order chi connectivity index (χ1) is 20.2. The van der Waals surface area contributed by atoms with Crippen LogP contribution in [0, 0.1) is 11.6 Å². The van der Waals surface area contributed by atoms with Gasteiger partial charge in [0, 0.05) is 38.5 Å². The predicted octanol–water partition coefficient (Wildman–Crippen LogP) is 3.33. The quantitative estimate of drug-likeness (QED) is 0.171. The minimum absolute atomic E-state index is 0. The van der Waals surface area contributed by atoms with Crippen molar-refractivity contribution in [3.63, 3.8) is 0 Å². The third-order valence-electron chi connectivity index (χ3n) is 6.59. The molecule has 1 atom stereocenters. The number of nitrogens with zero attached hydrogens (tertiary/aromatic N) is 3. The van der Waals surface area contributed by atoms with Crippen LogP contribution in [0.4, 0.5) is 8.78 Å². The number of carboxylic acid groups (broad SMARTS) is 2. The number of aliphatic hydroxyl groups excluding tert-OH is 1. The summed E-state index contributed by atoms with van der Waals surface area (Å²) >= 11 is 3.26. The molecule has 1 aliphatic heterocycles. The van der Waals surface area contributed by atoms with Crippen LogP contribution in [-0.4, -0.2) is 97.6 Å². The molecule has 0 amide bonds. The number of aliphatic hydroxyl groups is 1. The fourth-order valence-corrected chi connectivity index (χ4v) is 6.68. The molecule has 5 rings (SSSR count). The number of halogens is 2. The van der Waals surface area contributed by atoms with Crippen LogP contribution in [0.2, 0.25) is 0 Å². The Bertz CT molecular complexity index is 1380. The first-order valence-corrected chi connectivity index (χ1v) is 15.1. The number of carboxylic acids is 2. The summed E-state index contributed by atoms with van der Waals surface area (Å²) in [5.41, 5.74) is 2.97. The minimum atomic E-state index is -1.31. The molecule has 4 aromatic rings. The lowest BCUT2D eigenvalue weighted by Crippen LogP contribution is -2.50. The fourth-order valence-electron chi connectivity index (χ4n) is 4.67. The summed E-state index contributed by atoms with van der Waals surface area (Å²) in [6.45, 7) is 3.86. The summed E-state index contributed by atoms with van der Waals surface area (Å²) in [5, 5.41) is 26.1. The maximum Gasteiger partial charge on any atom is 0.314 e. The van der Waals surface area contributed by atoms with E-state index >= 15 is 0 Å². The Morgan fingerprint density at radius 2 is 1.36 bits per heavy atom. The summed E-state index contributed by atoms with van der Waals surface area (Å²) in [7, 11) is 0. The first kappa shape index (κ1) is 36.7. The molecule has 2 heterocycles. The number of aromatic nitrogens is 1. The lowest BCUT2D eigenvalue weighted by atomic mass is 9.96. The molecular weight excluding hydrogens is 616 g/mol. The third kappa shape index (κ3) is 10.9. The number of rotatable bonds is 10. The summed E-state index contributed by atoms with van der Waals surface area (Å²) in [6, 6.07) is 21.1. The molecule has 10 nitrogen and oxygen atoms in total. The molecule has 0 saturated carbocycles. The average Bonchev–Trinajstić information content (AvgIpc) is 3.38. The molecule has 1 unspecified atom stereocenters. The highest BCUT2D eigenvalue weighted by Gasteiger charge is 2.27. The molecule has 0 bridgehead atoms. The standard InChI is InChI=1S/C27H27F2N3OS2.C3H4O4.2H2O/c28-21-9-5-19(6-10-21)26(20-7-11-22(29)12-8-20)32-15-13-31(14-16-32)17-23(33)18-34-27-30-24-3-1-2-4-25(24)35-27;4-2(5)1-3(6)7;;/h1-12,23,26,33H,13-18H2;1H2,(H,4,5)(H,6,7);2*1H2. The van der Waals surface area contributed by atoms with E-state index < -0.39 is 24.5 Å². The first-order valence-electron chi connectivity index (χ1n) is 13.3. The van der Waals surface area contributed by atoms with Crippen LogP contribution >= 0.6 is 23.1 Å². The topological polar surface area (TPSA) is 177 Å². The highest BCUT2D eigenvalue weighted by atomic mass is 32.2. The van der Waals surface area contributed by atoms with E-state index in [9.17, 15) is 23.5 Å². The second kappa shape index (κ2) is 17.7. The van der Waals surface area contributed by atoms with Crippen molar-refractivity contribution in [2.45, 2.75) is 22.9 Å². The number of hydrogen-bond donors (Lipinski definition) is 3. The lowest BCUT2D eigenvalue weighted by molar-refractivity contribution is -0.147. The fraction of sp³-hybridized carbons (Fsp3) is 0.300. The van der Waals surface area contributed by atoms with Gasteiger partial charge >= 0.3 is 11.9 Å². The number of carbonyl (C=O) groups is 2. The van der Waals surface area contributed by atoms with E-state index in [1.807, 2.05) is 18.2 Å². The van der Waals surface area contributed by atoms with Gasteiger partial charge in [0.15, 0.2) is 4.34 Å². The van der Waals surface area contributed by atoms with E-state index in [0.29, 0.717) is 12.3 Å². The molecule has 0 aliphatic carbocycles. The van der Waals surface area contributed by atoms with Crippen molar-refractivity contribution in [3.8, 4) is 0 Å². The zero-order valence-corrected chi connectivity index (χ0v) is 25.2. The van der Waals surface area contributed by atoms with Gasteiger partial charge in [0.2, 0.25) is 0 Å². The molecule has 1 saturated heterocycles. The number of β-amino-alcohol motifs (C(OH)–C–C–N with tert-alkyl or cyclic N) is 1. The van der Waals surface area contributed by atoms with Crippen LogP contribution in [0.1, 0.15) is 23.6 Å². The van der Waals surface area contributed by atoms with Gasteiger partial charge in [0.25, 0.3) is 0 Å². The molecule has 44 heavy (non-hydrogen) atoms. The van der Waals surface area contributed by atoms with Crippen molar-refractivity contribution < 1.29 is 44.6 Å². The summed E-state index contributed by atoms with van der Waals surface area (Å²) in [4.78, 5) is 28.1. The number of thiazole rings is 1. The van der Waals surface area contributed by atoms with Crippen LogP contribution in [0.3, 0.4) is 0 Å². The van der Waals surface area contributed by atoms with Gasteiger partial charge in [-0.3, -0.25) is 19.4 Å². The highest BCUT2D eigenvalue weighted by molar-refractivity contribution is 8.01. The molecule has 1 aromatic heterocycles. The van der Waals surface area contributed by atoms with Crippen molar-refractivity contribution in [2.24, 2.45) is 0 Å². The second-order valence-electron chi connectivity index (χ2n) is 9.72. The summed E-state index contributed by atoms with van der Waals surface area (Å²) < 4.78 is 29.2. The Hall–Kier alpha value is -3.50. The van der Waals surface area contributed by atoms with E-state index in [2.05, 4.69) is 20.9 Å². The Balaban J connectivity index is 0.000000674. The largest absolute Gasteiger partial charge is 0.481 e. The zero-order chi connectivity index (χ0) is 30.1. The second-order valence-corrected chi connectivity index (χ2v) is 12.0. The number of aliphatic carboxylic acids is 2. The van der Waals surface area contributed by atoms with Crippen molar-refractivity contribution in [2.75, 3.05) is 38.5 Å². The van der Waals surface area contributed by atoms with Crippen LogP contribution in [0.25, 0.3) is 10.2 Å². The Kier molecular flexibility index (Phi) is 14.8. The van der Waals surface area contributed by atoms with E-state index in [0.717, 1.165) is 51.9 Å². The zero-order valence-electron chi connectivity index (χ0n) is 23.6. The van der Waals surface area contributed by atoms with Gasteiger partial charge in [-0.25, -0.2) is 13.8 Å². The smallest absolute Gasteiger partial charge is 0.314 e. The van der Waals surface area contributed by atoms with Gasteiger partial charge in [-0.1, -0.05) is 48.2 Å². The van der Waals surface area contributed by atoms with Crippen LogP contribution in [0.5, 0.6) is 0 Å². The molecule has 0 radical (unpaired) electrons. The Labute approximate surface area is 261 Å². The van der Waals surface area contributed by atoms with Crippen LogP contribution in [0.15, 0.2) is 77.1 Å². The maximum absolute atomic E-state index is 13.5. The molecular formula is C30H35F2N3O7S2. The van der Waals surface area contributed by atoms with Gasteiger partial charge in [-0.05, 0) is 47.5 Å². The van der Waals surface area contributed by atoms with E-state index in [1.165, 1.54) is 24.3 Å². The van der Waals surface area contributed by atoms with Gasteiger partial charge < -0.3 is 26.3 Å². The van der Waals surface area contributed by atoms with Crippen LogP contribution in [-0.2, 0) is 9.59 Å². The highest BCUT2D eigenvalue weighted by Crippen LogP contribution is 2.31. The number of benzene rings is 3. The average molecular weight is 652 g/mol. The van der Waals surface area contributed by atoms with Gasteiger partial charge in [0.1, 0.15) is 18.1 Å². The molecule has 0 spiro atoms. The number of hydrogen-bond acceptors (Lipinski definition) is 8. The molecule has 14 heteroatoms. The maximum atomic E-state index is 13.5. The monoisotopic (exact) mass is 651 g/mol. The van der Waals surface area contributed by atoms with Gasteiger partial charge in [-0.15, -0.1) is 11.3 Å². The number of piperazine rings is 1. The third-order valence-corrected chi connectivity index (χ3v) is 8.91. The molecule has 3 aromatic carbocycles. The molecule has 1 fully saturated rings. The summed E-state index contributed by atoms with van der Waals surface area (Å²) in [6.07, 6.45) is -1.25. The lowest BCUT2D eigenvalue weighted by Gasteiger charge is -2.40.